The van der Waals surface area contributed by atoms with Gasteiger partial charge in [-0.3, -0.25) is 10.2 Å². The molecule has 0 saturated carbocycles. The third-order valence-electron chi connectivity index (χ3n) is 6.48. The summed E-state index contributed by atoms with van der Waals surface area (Å²) in [7, 11) is 0. The molecule has 37 heavy (non-hydrogen) atoms. The Labute approximate surface area is 210 Å². The smallest absolute Gasteiger partial charge is 0.416 e. The highest BCUT2D eigenvalue weighted by molar-refractivity contribution is 6.02. The molecule has 1 fully saturated rings. The van der Waals surface area contributed by atoms with Crippen molar-refractivity contribution in [1.29, 1.82) is 5.41 Å². The molecule has 0 amide bonds. The van der Waals surface area contributed by atoms with Crippen molar-refractivity contribution in [3.05, 3.63) is 77.4 Å². The zero-order valence-corrected chi connectivity index (χ0v) is 19.6. The van der Waals surface area contributed by atoms with E-state index in [0.717, 1.165) is 53.4 Å². The molecule has 192 valence electrons. The summed E-state index contributed by atoms with van der Waals surface area (Å²) >= 11 is 0. The van der Waals surface area contributed by atoms with E-state index in [-0.39, 0.29) is 24.2 Å². The van der Waals surface area contributed by atoms with Crippen LogP contribution in [0.5, 0.6) is 5.75 Å². The quantitative estimate of drug-likeness (QED) is 0.261. The Morgan fingerprint density at radius 2 is 1.86 bits per heavy atom. The molecule has 0 radical (unpaired) electrons. The lowest BCUT2D eigenvalue weighted by atomic mass is 10.1. The number of ketones is 1. The number of nitrogens with one attached hydrogen (secondary N) is 2. The van der Waals surface area contributed by atoms with Gasteiger partial charge in [0.1, 0.15) is 5.75 Å². The van der Waals surface area contributed by atoms with Gasteiger partial charge in [-0.25, -0.2) is 0 Å². The van der Waals surface area contributed by atoms with Gasteiger partial charge in [-0.05, 0) is 53.9 Å². The zero-order valence-electron chi connectivity index (χ0n) is 19.6. The van der Waals surface area contributed by atoms with Crippen LogP contribution < -0.4 is 15.8 Å². The molecule has 2 aliphatic rings. The number of halogens is 3. The van der Waals surface area contributed by atoms with Gasteiger partial charge in [0, 0.05) is 17.7 Å². The first-order valence-electron chi connectivity index (χ1n) is 11.7. The van der Waals surface area contributed by atoms with E-state index in [0.29, 0.717) is 18.1 Å². The fourth-order valence-corrected chi connectivity index (χ4v) is 4.54. The van der Waals surface area contributed by atoms with E-state index < -0.39 is 23.8 Å². The maximum absolute atomic E-state index is 12.7. The Balaban J connectivity index is 1.22. The van der Waals surface area contributed by atoms with E-state index in [9.17, 15) is 18.0 Å². The van der Waals surface area contributed by atoms with Crippen molar-refractivity contribution >= 4 is 28.4 Å². The Morgan fingerprint density at radius 1 is 1.14 bits per heavy atom. The minimum atomic E-state index is -4.45. The van der Waals surface area contributed by atoms with Gasteiger partial charge in [0.2, 0.25) is 6.23 Å². The predicted molar refractivity (Wildman–Crippen MR) is 131 cm³/mol. The highest BCUT2D eigenvalue weighted by Crippen LogP contribution is 2.29. The van der Waals surface area contributed by atoms with Crippen LogP contribution in [-0.4, -0.2) is 47.9 Å². The number of ether oxygens (including phenoxy) is 1. The highest BCUT2D eigenvalue weighted by atomic mass is 19.4. The standard InChI is InChI=1S/C26H24F3N5O3/c27-26(28,29)19-8-5-15(6-9-19)22(35)14-36-20-10-7-16-12-18(4-3-17(16)13-20)23-32-24(37-33-23)21-2-1-11-34(21)25(30)31/h3-10,12-13,21,24H,1-2,11,14H2,(H3,30,31)(H,32,33)/t21-,24?/m0/s1. The van der Waals surface area contributed by atoms with Gasteiger partial charge in [0.05, 0.1) is 11.6 Å². The van der Waals surface area contributed by atoms with Gasteiger partial charge in [0.15, 0.2) is 24.2 Å². The average Bonchev–Trinajstić information content (AvgIpc) is 3.56. The lowest BCUT2D eigenvalue weighted by molar-refractivity contribution is -0.137. The summed E-state index contributed by atoms with van der Waals surface area (Å²) in [4.78, 5) is 19.8. The number of carbonyl (C=O) groups excluding carboxylic acids is 1. The van der Waals surface area contributed by atoms with Crippen LogP contribution in [0, 0.1) is 5.41 Å². The average molecular weight is 512 g/mol. The fraction of sp³-hybridized carbons (Fsp3) is 0.269. The Kier molecular flexibility index (Phi) is 6.36. The van der Waals surface area contributed by atoms with Crippen molar-refractivity contribution < 1.29 is 27.5 Å². The molecule has 0 spiro atoms. The van der Waals surface area contributed by atoms with E-state index in [1.54, 1.807) is 17.0 Å². The summed E-state index contributed by atoms with van der Waals surface area (Å²) in [6.07, 6.45) is -3.07. The maximum atomic E-state index is 12.7. The molecule has 11 heteroatoms. The Bertz CT molecular complexity index is 1370. The molecule has 3 aromatic carbocycles. The van der Waals surface area contributed by atoms with E-state index in [4.69, 9.17) is 20.7 Å². The monoisotopic (exact) mass is 511 g/mol. The molecule has 4 N–H and O–H groups in total. The molecule has 0 aromatic heterocycles. The van der Waals surface area contributed by atoms with Crippen LogP contribution in [0.1, 0.15) is 34.3 Å². The van der Waals surface area contributed by atoms with Crippen molar-refractivity contribution in [2.24, 2.45) is 10.9 Å². The normalized spacial score (nSPS) is 19.3. The number of likely N-dealkylation sites (tertiary alicyclic amines) is 1. The Hall–Kier alpha value is -4.28. The van der Waals surface area contributed by atoms with Crippen LogP contribution in [0.2, 0.25) is 0 Å². The molecular weight excluding hydrogens is 487 g/mol. The topological polar surface area (TPSA) is 113 Å². The lowest BCUT2D eigenvalue weighted by Crippen LogP contribution is -2.50. The number of nitrogens with two attached hydrogens (primary N) is 1. The molecule has 0 aliphatic carbocycles. The lowest BCUT2D eigenvalue weighted by Gasteiger charge is -2.27. The van der Waals surface area contributed by atoms with Gasteiger partial charge in [-0.1, -0.05) is 35.5 Å². The summed E-state index contributed by atoms with van der Waals surface area (Å²) < 4.78 is 43.7. The fourth-order valence-electron chi connectivity index (χ4n) is 4.54. The number of amidine groups is 1. The molecule has 0 bridgehead atoms. The number of guanidine groups is 1. The molecular formula is C26H24F3N5O3. The van der Waals surface area contributed by atoms with Crippen LogP contribution in [0.25, 0.3) is 10.8 Å². The molecule has 2 atom stereocenters. The molecule has 5 rings (SSSR count). The first-order valence-corrected chi connectivity index (χ1v) is 11.7. The van der Waals surface area contributed by atoms with Gasteiger partial charge in [0.25, 0.3) is 0 Å². The molecule has 1 saturated heterocycles. The second-order valence-electron chi connectivity index (χ2n) is 8.91. The summed E-state index contributed by atoms with van der Waals surface area (Å²) in [5.74, 6) is 0.649. The summed E-state index contributed by atoms with van der Waals surface area (Å²) in [6.45, 7) is 0.417. The van der Waals surface area contributed by atoms with Gasteiger partial charge in [-0.15, -0.1) is 0 Å². The number of oxime groups is 1. The van der Waals surface area contributed by atoms with Gasteiger partial charge in [-0.2, -0.15) is 13.2 Å². The van der Waals surface area contributed by atoms with Crippen molar-refractivity contribution in [2.75, 3.05) is 13.2 Å². The van der Waals surface area contributed by atoms with Crippen LogP contribution in [0.3, 0.4) is 0 Å². The SMILES string of the molecule is N=C(N)N1CCC[C@H]1C1NC(c2ccc3cc(OCC(=O)c4ccc(C(F)(F)F)cc4)ccc3c2)=NO1. The zero-order chi connectivity index (χ0) is 26.2. The second-order valence-corrected chi connectivity index (χ2v) is 8.91. The van der Waals surface area contributed by atoms with E-state index in [1.165, 1.54) is 0 Å². The van der Waals surface area contributed by atoms with Crippen LogP contribution in [-0.2, 0) is 11.0 Å². The number of benzene rings is 3. The number of hydrogen-bond acceptors (Lipinski definition) is 6. The number of fused-ring (bicyclic) bond motifs is 1. The Morgan fingerprint density at radius 3 is 2.59 bits per heavy atom. The van der Waals surface area contributed by atoms with E-state index in [2.05, 4.69) is 10.5 Å². The number of rotatable bonds is 6. The summed E-state index contributed by atoms with van der Waals surface area (Å²) in [5.41, 5.74) is 5.85. The van der Waals surface area contributed by atoms with Gasteiger partial charge < -0.3 is 25.5 Å². The van der Waals surface area contributed by atoms with Gasteiger partial charge >= 0.3 is 6.18 Å². The molecule has 2 aliphatic heterocycles. The van der Waals surface area contributed by atoms with Crippen molar-refractivity contribution in [3.63, 3.8) is 0 Å². The number of nitrogens with zero attached hydrogens (tertiary/aromatic N) is 2. The minimum absolute atomic E-state index is 0.0196. The summed E-state index contributed by atoms with van der Waals surface area (Å²) in [5, 5.41) is 17.0. The van der Waals surface area contributed by atoms with Crippen molar-refractivity contribution in [2.45, 2.75) is 31.3 Å². The largest absolute Gasteiger partial charge is 0.485 e. The minimum Gasteiger partial charge on any atom is -0.485 e. The third-order valence-corrected chi connectivity index (χ3v) is 6.48. The highest BCUT2D eigenvalue weighted by Gasteiger charge is 2.37. The molecule has 8 nitrogen and oxygen atoms in total. The molecule has 3 aromatic rings. The van der Waals surface area contributed by atoms with E-state index in [1.807, 2.05) is 24.3 Å². The van der Waals surface area contributed by atoms with Crippen molar-refractivity contribution in [1.82, 2.24) is 10.2 Å². The number of alkyl halides is 3. The van der Waals surface area contributed by atoms with Crippen LogP contribution in [0.15, 0.2) is 65.8 Å². The van der Waals surface area contributed by atoms with Crippen LogP contribution in [0.4, 0.5) is 13.2 Å². The third kappa shape index (κ3) is 5.16. The molecule has 2 heterocycles. The maximum Gasteiger partial charge on any atom is 0.416 e. The second kappa shape index (κ2) is 9.64. The number of carbonyl (C=O) groups is 1. The van der Waals surface area contributed by atoms with Crippen LogP contribution >= 0.6 is 0 Å². The summed E-state index contributed by atoms with van der Waals surface area (Å²) in [6, 6.07) is 15.1. The molecule has 1 unspecified atom stereocenters. The first kappa shape index (κ1) is 24.4. The first-order chi connectivity index (χ1) is 17.7. The van der Waals surface area contributed by atoms with E-state index >= 15 is 0 Å². The number of Topliss-reactive ketones (excluding diaryl/α,β-unsaturated/α-hetero) is 1. The number of hydrogen-bond donors (Lipinski definition) is 3. The van der Waals surface area contributed by atoms with Crippen molar-refractivity contribution in [3.8, 4) is 5.75 Å². The predicted octanol–water partition coefficient (Wildman–Crippen LogP) is 4.09.